The third-order valence-corrected chi connectivity index (χ3v) is 12.3. The van der Waals surface area contributed by atoms with Gasteiger partial charge in [0.2, 0.25) is 0 Å². The highest BCUT2D eigenvalue weighted by Gasteiger charge is 2.25. The summed E-state index contributed by atoms with van der Waals surface area (Å²) in [5.74, 6) is 0. The quantitative estimate of drug-likeness (QED) is 0.163. The van der Waals surface area contributed by atoms with E-state index in [-0.39, 0.29) is 0 Å². The summed E-state index contributed by atoms with van der Waals surface area (Å²) < 4.78 is 6.38. The van der Waals surface area contributed by atoms with Crippen molar-refractivity contribution >= 4 is 161 Å². The molecule has 0 radical (unpaired) electrons. The molecule has 0 amide bonds. The Balaban J connectivity index is 1.40. The van der Waals surface area contributed by atoms with Crippen molar-refractivity contribution in [3.8, 4) is 33.4 Å². The lowest BCUT2D eigenvalue weighted by Crippen LogP contribution is -2.50. The zero-order valence-electron chi connectivity index (χ0n) is 30.8. The molecule has 0 unspecified atom stereocenters. The molecule has 9 heteroatoms. The minimum Gasteiger partial charge on any atom is -0.456 e. The molecule has 232 valence electrons. The van der Waals surface area contributed by atoms with Crippen LogP contribution in [0.2, 0.25) is 0 Å². The second-order valence-electron chi connectivity index (χ2n) is 14.7. The molecule has 0 fully saturated rings. The van der Waals surface area contributed by atoms with Gasteiger partial charge < -0.3 is 4.42 Å². The van der Waals surface area contributed by atoms with Gasteiger partial charge in [-0.05, 0) is 90.0 Å². The van der Waals surface area contributed by atoms with Gasteiger partial charge in [-0.3, -0.25) is 0 Å². The van der Waals surface area contributed by atoms with E-state index < -0.39 is 0 Å². The molecule has 1 aromatic heterocycles. The van der Waals surface area contributed by atoms with Crippen molar-refractivity contribution in [1.82, 2.24) is 0 Å². The van der Waals surface area contributed by atoms with Gasteiger partial charge in [-0.15, -0.1) is 21.9 Å². The maximum atomic E-state index is 6.38. The Labute approximate surface area is 306 Å². The highest BCUT2D eigenvalue weighted by Crippen LogP contribution is 2.42. The van der Waals surface area contributed by atoms with Crippen LogP contribution in [0.15, 0.2) is 114 Å². The first-order valence-electron chi connectivity index (χ1n) is 18.1. The molecule has 51 heavy (non-hydrogen) atoms. The van der Waals surface area contributed by atoms with Gasteiger partial charge in [-0.25, -0.2) is 0 Å². The number of hydrogen-bond acceptors (Lipinski definition) is 1. The van der Waals surface area contributed by atoms with Crippen LogP contribution in [0.3, 0.4) is 0 Å². The zero-order valence-corrected chi connectivity index (χ0v) is 30.8. The number of furan rings is 1. The molecular weight excluding hydrogens is 607 g/mol. The van der Waals surface area contributed by atoms with Crippen molar-refractivity contribution in [2.75, 3.05) is 0 Å². The number of benzene rings is 8. The molecule has 9 aromatic rings. The van der Waals surface area contributed by atoms with Crippen molar-refractivity contribution in [2.45, 2.75) is 0 Å². The average Bonchev–Trinajstić information content (AvgIpc) is 3.55. The Morgan fingerprint density at radius 2 is 0.804 bits per heavy atom. The van der Waals surface area contributed by atoms with E-state index in [1.807, 2.05) is 0 Å². The fourth-order valence-electron chi connectivity index (χ4n) is 8.89. The molecule has 0 saturated heterocycles. The van der Waals surface area contributed by atoms with Crippen molar-refractivity contribution in [3.05, 3.63) is 109 Å². The van der Waals surface area contributed by atoms with E-state index in [0.29, 0.717) is 0 Å². The van der Waals surface area contributed by atoms with Gasteiger partial charge in [0.05, 0.1) is 0 Å². The predicted molar refractivity (Wildman–Crippen MR) is 248 cm³/mol. The summed E-state index contributed by atoms with van der Waals surface area (Å²) in [4.78, 5) is 0. The van der Waals surface area contributed by atoms with Gasteiger partial charge in [-0.2, -0.15) is 0 Å². The summed E-state index contributed by atoms with van der Waals surface area (Å²) in [5, 5.41) is 10.3. The van der Waals surface area contributed by atoms with Crippen LogP contribution in [0.25, 0.3) is 87.6 Å². The molecule has 0 saturated carbocycles. The van der Waals surface area contributed by atoms with Crippen LogP contribution in [-0.2, 0) is 0 Å². The highest BCUT2D eigenvalue weighted by molar-refractivity contribution is 6.71. The van der Waals surface area contributed by atoms with Gasteiger partial charge in [0.15, 0.2) is 0 Å². The molecule has 9 rings (SSSR count). The van der Waals surface area contributed by atoms with E-state index in [0.717, 1.165) is 16.6 Å². The highest BCUT2D eigenvalue weighted by atomic mass is 16.3. The Hall–Kier alpha value is -5.14. The van der Waals surface area contributed by atoms with Crippen LogP contribution >= 0.6 is 0 Å². The van der Waals surface area contributed by atoms with Crippen molar-refractivity contribution < 1.29 is 4.42 Å². The maximum Gasteiger partial charge on any atom is 0.139 e. The molecule has 0 aliphatic rings. The summed E-state index contributed by atoms with van der Waals surface area (Å²) in [5.41, 5.74) is 20.4. The lowest BCUT2D eigenvalue weighted by Gasteiger charge is -2.28. The fourth-order valence-corrected chi connectivity index (χ4v) is 8.89. The number of rotatable bonds is 3. The molecule has 0 spiro atoms. The number of hydrogen-bond donors (Lipinski definition) is 0. The lowest BCUT2D eigenvalue weighted by atomic mass is 9.59. The largest absolute Gasteiger partial charge is 0.456 e. The number of fused-ring (bicyclic) bond motifs is 7. The van der Waals surface area contributed by atoms with E-state index >= 15 is 0 Å². The van der Waals surface area contributed by atoms with Crippen molar-refractivity contribution in [1.29, 1.82) is 0 Å². The smallest absolute Gasteiger partial charge is 0.139 e. The minimum atomic E-state index is 0.920. The van der Waals surface area contributed by atoms with Crippen LogP contribution in [0.5, 0.6) is 0 Å². The second kappa shape index (κ2) is 11.7. The molecule has 0 atom stereocenters. The third kappa shape index (κ3) is 4.60. The normalized spacial score (nSPS) is 11.8. The summed E-state index contributed by atoms with van der Waals surface area (Å²) in [7, 11) is 18.5. The Bertz CT molecular complexity index is 2870. The molecule has 1 nitrogen and oxygen atoms in total. The van der Waals surface area contributed by atoms with E-state index in [4.69, 9.17) is 4.42 Å². The van der Waals surface area contributed by atoms with Crippen LogP contribution in [0.4, 0.5) is 0 Å². The van der Waals surface area contributed by atoms with Gasteiger partial charge in [0.25, 0.3) is 0 Å². The lowest BCUT2D eigenvalue weighted by molar-refractivity contribution is 0.669. The van der Waals surface area contributed by atoms with E-state index in [1.54, 1.807) is 0 Å². The van der Waals surface area contributed by atoms with E-state index in [1.165, 1.54) is 115 Å². The first-order valence-corrected chi connectivity index (χ1v) is 18.1. The molecule has 1 heterocycles. The maximum absolute atomic E-state index is 6.38. The zero-order chi connectivity index (χ0) is 35.3. The van der Waals surface area contributed by atoms with Gasteiger partial charge in [0.1, 0.15) is 73.9 Å². The van der Waals surface area contributed by atoms with Crippen LogP contribution < -0.4 is 43.7 Å². The molecule has 0 aliphatic carbocycles. The Morgan fingerprint density at radius 1 is 0.314 bits per heavy atom. The second-order valence-corrected chi connectivity index (χ2v) is 14.7. The molecule has 0 bridgehead atoms. The SMILES string of the molecule is Bc1c(B)c(B)c2c(-c3cccc(-c4ccc5oc6ccc7ccccc7c6c5c4)c3)c3c(B)c(B)c(B)c(B)c3c(-c3ccccc3)c2c1B. The van der Waals surface area contributed by atoms with Crippen LogP contribution in [-0.4, -0.2) is 62.8 Å². The fraction of sp³-hybridized carbons (Fsp3) is 0. The average molecular weight is 641 g/mol. The van der Waals surface area contributed by atoms with Crippen LogP contribution in [0, 0.1) is 0 Å². The molecule has 0 N–H and O–H groups in total. The van der Waals surface area contributed by atoms with E-state index in [9.17, 15) is 0 Å². The predicted octanol–water partition coefficient (Wildman–Crippen LogP) is -1.89. The van der Waals surface area contributed by atoms with Crippen molar-refractivity contribution in [2.24, 2.45) is 0 Å². The standard InChI is InChI=1S/C42H34B8O/c43-35-31-28(20-8-2-1-3-9-20)32-34(38(46)42(50)40(48)36(32)44)29(33(31)37(45)41(49)39(35)47)23-11-6-10-21(17-23)22-14-15-26-25(18-22)30-24-12-5-4-7-19(24)13-16-27(30)51-26/h1-18H,43-50H2. The topological polar surface area (TPSA) is 13.1 Å². The molecule has 0 aliphatic heterocycles. The van der Waals surface area contributed by atoms with Crippen LogP contribution in [0.1, 0.15) is 0 Å². The summed E-state index contributed by atoms with van der Waals surface area (Å²) in [6.45, 7) is 0. The van der Waals surface area contributed by atoms with E-state index in [2.05, 4.69) is 172 Å². The minimum absolute atomic E-state index is 0.920. The summed E-state index contributed by atoms with van der Waals surface area (Å²) >= 11 is 0. The molecule has 8 aromatic carbocycles. The van der Waals surface area contributed by atoms with Gasteiger partial charge >= 0.3 is 0 Å². The van der Waals surface area contributed by atoms with Gasteiger partial charge in [-0.1, -0.05) is 107 Å². The summed E-state index contributed by atoms with van der Waals surface area (Å²) in [6.07, 6.45) is 0. The third-order valence-electron chi connectivity index (χ3n) is 12.3. The Kier molecular flexibility index (Phi) is 7.30. The Morgan fingerprint density at radius 3 is 1.43 bits per heavy atom. The van der Waals surface area contributed by atoms with Crippen molar-refractivity contribution in [3.63, 3.8) is 0 Å². The first-order chi connectivity index (χ1) is 24.7. The molecular formula is C42H34B8O. The summed E-state index contributed by atoms with van der Waals surface area (Å²) in [6, 6.07) is 39.9. The monoisotopic (exact) mass is 642 g/mol. The van der Waals surface area contributed by atoms with Gasteiger partial charge in [0, 0.05) is 10.8 Å². The first kappa shape index (κ1) is 31.8.